The molecule has 2 nitrogen and oxygen atoms in total. The smallest absolute Gasteiger partial charge is 0.0662 e. The van der Waals surface area contributed by atoms with Crippen LogP contribution < -0.4 is 0 Å². The summed E-state index contributed by atoms with van der Waals surface area (Å²) in [6.45, 7) is 4.55. The molecule has 14 heavy (non-hydrogen) atoms. The van der Waals surface area contributed by atoms with Gasteiger partial charge in [0.2, 0.25) is 0 Å². The lowest BCUT2D eigenvalue weighted by molar-refractivity contribution is 0.418. The highest BCUT2D eigenvalue weighted by Crippen LogP contribution is 2.29. The summed E-state index contributed by atoms with van der Waals surface area (Å²) in [5, 5.41) is 8.62. The molecular weight excluding hydrogens is 240 g/mol. The van der Waals surface area contributed by atoms with Gasteiger partial charge in [-0.1, -0.05) is 29.8 Å². The van der Waals surface area contributed by atoms with Crippen molar-refractivity contribution >= 4 is 15.9 Å². The summed E-state index contributed by atoms with van der Waals surface area (Å²) in [5.41, 5.74) is 4.48. The Kier molecular flexibility index (Phi) is 2.69. The van der Waals surface area contributed by atoms with Crippen LogP contribution in [0.1, 0.15) is 37.2 Å². The zero-order valence-electron chi connectivity index (χ0n) is 8.86. The first-order valence-corrected chi connectivity index (χ1v) is 6.35. The van der Waals surface area contributed by atoms with Gasteiger partial charge in [-0.2, -0.15) is 5.10 Å². The molecule has 0 amide bonds. The maximum Gasteiger partial charge on any atom is 0.0662 e. The highest BCUT2D eigenvalue weighted by Gasteiger charge is 2.24. The Balaban J connectivity index is 2.18. The third-order valence-corrected chi connectivity index (χ3v) is 4.42. The second-order valence-electron chi connectivity index (χ2n) is 4.96. The van der Waals surface area contributed by atoms with E-state index in [1.165, 1.54) is 36.2 Å². The van der Waals surface area contributed by atoms with Crippen LogP contribution in [0.2, 0.25) is 0 Å². The summed E-state index contributed by atoms with van der Waals surface area (Å²) in [4.78, 5) is 0. The van der Waals surface area contributed by atoms with Gasteiger partial charge in [0.15, 0.2) is 0 Å². The van der Waals surface area contributed by atoms with E-state index in [1.54, 1.807) is 0 Å². The molecule has 0 fully saturated rings. The average molecular weight is 257 g/mol. The van der Waals surface area contributed by atoms with Crippen LogP contribution in [-0.4, -0.2) is 15.5 Å². The first-order chi connectivity index (χ1) is 6.62. The number of aryl methyl sites for hydroxylation is 1. The number of aromatic nitrogens is 2. The van der Waals surface area contributed by atoms with E-state index >= 15 is 0 Å². The SMILES string of the molecule is CC(C)(CBr)Cc1n[nH]c2c1CCC2. The molecule has 1 aliphatic carbocycles. The predicted molar refractivity (Wildman–Crippen MR) is 61.9 cm³/mol. The number of halogens is 1. The van der Waals surface area contributed by atoms with E-state index in [9.17, 15) is 0 Å². The summed E-state index contributed by atoms with van der Waals surface area (Å²) < 4.78 is 0. The molecule has 1 aromatic rings. The number of alkyl halides is 1. The molecule has 0 saturated carbocycles. The first kappa shape index (κ1) is 10.2. The van der Waals surface area contributed by atoms with Crippen LogP contribution in [0, 0.1) is 5.41 Å². The van der Waals surface area contributed by atoms with Gasteiger partial charge in [0.05, 0.1) is 5.69 Å². The Labute approximate surface area is 93.6 Å². The van der Waals surface area contributed by atoms with Crippen molar-refractivity contribution in [2.45, 2.75) is 39.5 Å². The fourth-order valence-corrected chi connectivity index (χ4v) is 2.23. The number of nitrogens with one attached hydrogen (secondary N) is 1. The Morgan fingerprint density at radius 3 is 2.93 bits per heavy atom. The van der Waals surface area contributed by atoms with Crippen LogP contribution >= 0.6 is 15.9 Å². The standard InChI is InChI=1S/C11H17BrN2/c1-11(2,7-12)6-10-8-4-3-5-9(8)13-14-10/h3-7H2,1-2H3,(H,13,14). The minimum absolute atomic E-state index is 0.311. The van der Waals surface area contributed by atoms with E-state index in [2.05, 4.69) is 40.0 Å². The molecule has 1 N–H and O–H groups in total. The van der Waals surface area contributed by atoms with Crippen molar-refractivity contribution < 1.29 is 0 Å². The van der Waals surface area contributed by atoms with Gasteiger partial charge in [-0.15, -0.1) is 0 Å². The fraction of sp³-hybridized carbons (Fsp3) is 0.727. The van der Waals surface area contributed by atoms with Gasteiger partial charge in [0.25, 0.3) is 0 Å². The van der Waals surface area contributed by atoms with Crippen LogP contribution in [0.4, 0.5) is 0 Å². The van der Waals surface area contributed by atoms with E-state index in [0.717, 1.165) is 11.8 Å². The fourth-order valence-electron chi connectivity index (χ4n) is 2.03. The molecule has 3 heteroatoms. The molecule has 0 bridgehead atoms. The molecule has 78 valence electrons. The van der Waals surface area contributed by atoms with Gasteiger partial charge in [-0.3, -0.25) is 5.10 Å². The lowest BCUT2D eigenvalue weighted by Crippen LogP contribution is -2.17. The number of H-pyrrole nitrogens is 1. The van der Waals surface area contributed by atoms with Gasteiger partial charge < -0.3 is 0 Å². The van der Waals surface area contributed by atoms with E-state index in [0.29, 0.717) is 5.41 Å². The molecule has 0 radical (unpaired) electrons. The third kappa shape index (κ3) is 1.88. The highest BCUT2D eigenvalue weighted by atomic mass is 79.9. The monoisotopic (exact) mass is 256 g/mol. The summed E-state index contributed by atoms with van der Waals surface area (Å²) >= 11 is 3.56. The summed E-state index contributed by atoms with van der Waals surface area (Å²) in [6.07, 6.45) is 4.78. The van der Waals surface area contributed by atoms with E-state index in [-0.39, 0.29) is 0 Å². The van der Waals surface area contributed by atoms with E-state index in [1.807, 2.05) is 0 Å². The van der Waals surface area contributed by atoms with Crippen molar-refractivity contribution in [3.05, 3.63) is 17.0 Å². The van der Waals surface area contributed by atoms with Crippen molar-refractivity contribution in [3.63, 3.8) is 0 Å². The van der Waals surface area contributed by atoms with E-state index in [4.69, 9.17) is 0 Å². The molecule has 1 aliphatic rings. The van der Waals surface area contributed by atoms with Gasteiger partial charge in [0, 0.05) is 11.0 Å². The van der Waals surface area contributed by atoms with Crippen molar-refractivity contribution in [3.8, 4) is 0 Å². The number of hydrogen-bond acceptors (Lipinski definition) is 1. The second-order valence-corrected chi connectivity index (χ2v) is 5.52. The Morgan fingerprint density at radius 1 is 1.43 bits per heavy atom. The van der Waals surface area contributed by atoms with Crippen molar-refractivity contribution in [1.82, 2.24) is 10.2 Å². The summed E-state index contributed by atoms with van der Waals surface area (Å²) in [7, 11) is 0. The summed E-state index contributed by atoms with van der Waals surface area (Å²) in [5.74, 6) is 0. The minimum atomic E-state index is 0.311. The molecule has 0 atom stereocenters. The summed E-state index contributed by atoms with van der Waals surface area (Å²) in [6, 6.07) is 0. The zero-order chi connectivity index (χ0) is 10.2. The topological polar surface area (TPSA) is 28.7 Å². The van der Waals surface area contributed by atoms with Crippen LogP contribution in [0.5, 0.6) is 0 Å². The number of rotatable bonds is 3. The minimum Gasteiger partial charge on any atom is -0.282 e. The lowest BCUT2D eigenvalue weighted by atomic mass is 9.89. The van der Waals surface area contributed by atoms with Gasteiger partial charge in [-0.25, -0.2) is 0 Å². The zero-order valence-corrected chi connectivity index (χ0v) is 10.4. The molecular formula is C11H17BrN2. The van der Waals surface area contributed by atoms with Gasteiger partial charge in [-0.05, 0) is 36.7 Å². The van der Waals surface area contributed by atoms with Crippen LogP contribution in [0.15, 0.2) is 0 Å². The molecule has 0 spiro atoms. The van der Waals surface area contributed by atoms with Crippen molar-refractivity contribution in [2.75, 3.05) is 5.33 Å². The maximum absolute atomic E-state index is 4.43. The van der Waals surface area contributed by atoms with Crippen LogP contribution in [-0.2, 0) is 19.3 Å². The normalized spacial score (nSPS) is 15.9. The Morgan fingerprint density at radius 2 is 2.21 bits per heavy atom. The second kappa shape index (κ2) is 3.69. The van der Waals surface area contributed by atoms with Crippen molar-refractivity contribution in [1.29, 1.82) is 0 Å². The maximum atomic E-state index is 4.43. The van der Waals surface area contributed by atoms with Crippen LogP contribution in [0.3, 0.4) is 0 Å². The number of fused-ring (bicyclic) bond motifs is 1. The first-order valence-electron chi connectivity index (χ1n) is 5.23. The van der Waals surface area contributed by atoms with Gasteiger partial charge >= 0.3 is 0 Å². The highest BCUT2D eigenvalue weighted by molar-refractivity contribution is 9.09. The number of hydrogen-bond donors (Lipinski definition) is 1. The molecule has 1 heterocycles. The lowest BCUT2D eigenvalue weighted by Gasteiger charge is -2.20. The quantitative estimate of drug-likeness (QED) is 0.829. The van der Waals surface area contributed by atoms with Crippen molar-refractivity contribution in [2.24, 2.45) is 5.41 Å². The molecule has 0 unspecified atom stereocenters. The van der Waals surface area contributed by atoms with Gasteiger partial charge in [0.1, 0.15) is 0 Å². The molecule has 2 rings (SSSR count). The Bertz CT molecular complexity index is 328. The predicted octanol–water partition coefficient (Wildman–Crippen LogP) is 2.86. The third-order valence-electron chi connectivity index (χ3n) is 2.90. The number of nitrogens with zero attached hydrogens (tertiary/aromatic N) is 1. The number of aromatic amines is 1. The van der Waals surface area contributed by atoms with E-state index < -0.39 is 0 Å². The van der Waals surface area contributed by atoms with Crippen LogP contribution in [0.25, 0.3) is 0 Å². The largest absolute Gasteiger partial charge is 0.282 e. The average Bonchev–Trinajstić information content (AvgIpc) is 2.70. The molecule has 0 aromatic carbocycles. The molecule has 1 aromatic heterocycles. The Hall–Kier alpha value is -0.310. The molecule has 0 saturated heterocycles. The molecule has 0 aliphatic heterocycles.